The normalized spacial score (nSPS) is 17.0. The Bertz CT molecular complexity index is 606. The molecule has 5 heteroatoms. The predicted octanol–water partition coefficient (Wildman–Crippen LogP) is 1.82. The fourth-order valence-electron chi connectivity index (χ4n) is 2.02. The van der Waals surface area contributed by atoms with Gasteiger partial charge in [-0.25, -0.2) is 0 Å². The van der Waals surface area contributed by atoms with Crippen LogP contribution in [-0.4, -0.2) is 9.97 Å². The minimum Gasteiger partial charge on any atom is -0.383 e. The molecule has 0 amide bonds. The van der Waals surface area contributed by atoms with Crippen molar-refractivity contribution in [3.63, 3.8) is 0 Å². The molecule has 1 aromatic heterocycles. The van der Waals surface area contributed by atoms with Crippen molar-refractivity contribution in [3.8, 4) is 0 Å². The van der Waals surface area contributed by atoms with Crippen LogP contribution in [0.1, 0.15) is 17.2 Å². The molecule has 0 aliphatic carbocycles. The van der Waals surface area contributed by atoms with Crippen LogP contribution in [0.2, 0.25) is 0 Å². The van der Waals surface area contributed by atoms with E-state index in [1.54, 1.807) is 0 Å². The number of hydrogen-bond acceptors (Lipinski definition) is 5. The zero-order valence-corrected chi connectivity index (χ0v) is 9.67. The Kier molecular flexibility index (Phi) is 2.37. The average Bonchev–Trinajstić information content (AvgIpc) is 2.39. The molecule has 0 radical (unpaired) electrons. The lowest BCUT2D eigenvalue weighted by molar-refractivity contribution is 0.955. The third kappa shape index (κ3) is 1.75. The van der Waals surface area contributed by atoms with Gasteiger partial charge in [0.15, 0.2) is 0 Å². The molecule has 5 N–H and O–H groups in total. The molecule has 2 heterocycles. The third-order valence-electron chi connectivity index (χ3n) is 2.90. The Labute approximate surface area is 105 Å². The minimum atomic E-state index is 0.0763. The molecule has 1 aromatic carbocycles. The summed E-state index contributed by atoms with van der Waals surface area (Å²) in [5.74, 6) is 1.25. The number of nitrogens with zero attached hydrogens (tertiary/aromatic N) is 2. The van der Waals surface area contributed by atoms with Crippen molar-refractivity contribution in [3.05, 3.63) is 47.5 Å². The molecular weight excluding hydrogens is 226 g/mol. The van der Waals surface area contributed by atoms with E-state index in [-0.39, 0.29) is 12.0 Å². The van der Waals surface area contributed by atoms with Crippen LogP contribution in [-0.2, 0) is 0 Å². The van der Waals surface area contributed by atoms with Gasteiger partial charge >= 0.3 is 0 Å². The van der Waals surface area contributed by atoms with E-state index >= 15 is 0 Å². The molecule has 1 aliphatic rings. The first-order valence-electron chi connectivity index (χ1n) is 5.67. The zero-order valence-electron chi connectivity index (χ0n) is 9.67. The van der Waals surface area contributed by atoms with Gasteiger partial charge in [0.05, 0.1) is 11.6 Å². The number of anilines is 3. The van der Waals surface area contributed by atoms with Crippen LogP contribution in [0.5, 0.6) is 0 Å². The summed E-state index contributed by atoms with van der Waals surface area (Å²) in [6, 6.07) is 10.2. The fourth-order valence-corrected chi connectivity index (χ4v) is 2.02. The molecule has 0 fully saturated rings. The van der Waals surface area contributed by atoms with Gasteiger partial charge in [-0.3, -0.25) is 0 Å². The van der Waals surface area contributed by atoms with E-state index in [4.69, 9.17) is 11.5 Å². The Morgan fingerprint density at radius 2 is 1.83 bits per heavy atom. The lowest BCUT2D eigenvalue weighted by Crippen LogP contribution is -2.16. The van der Waals surface area contributed by atoms with E-state index in [9.17, 15) is 0 Å². The molecule has 0 saturated heterocycles. The molecule has 0 saturated carbocycles. The summed E-state index contributed by atoms with van der Waals surface area (Å²) in [4.78, 5) is 8.11. The van der Waals surface area contributed by atoms with Crippen molar-refractivity contribution < 1.29 is 0 Å². The molecule has 5 nitrogen and oxygen atoms in total. The van der Waals surface area contributed by atoms with Crippen molar-refractivity contribution in [2.45, 2.75) is 6.04 Å². The van der Waals surface area contributed by atoms with Gasteiger partial charge in [0.25, 0.3) is 0 Å². The SMILES string of the molecule is Nc1nc(N)c2c(n1)NC(c1ccccc1)C=C2. The molecule has 18 heavy (non-hydrogen) atoms. The molecule has 90 valence electrons. The fraction of sp³-hybridized carbons (Fsp3) is 0.0769. The van der Waals surface area contributed by atoms with Gasteiger partial charge in [-0.15, -0.1) is 0 Å². The topological polar surface area (TPSA) is 89.8 Å². The van der Waals surface area contributed by atoms with Crippen LogP contribution in [0.25, 0.3) is 6.08 Å². The van der Waals surface area contributed by atoms with Crippen LogP contribution in [0.15, 0.2) is 36.4 Å². The number of nitrogens with two attached hydrogens (primary N) is 2. The maximum Gasteiger partial charge on any atom is 0.223 e. The molecule has 1 unspecified atom stereocenters. The largest absolute Gasteiger partial charge is 0.383 e. The van der Waals surface area contributed by atoms with Gasteiger partial charge in [-0.1, -0.05) is 36.4 Å². The van der Waals surface area contributed by atoms with Gasteiger partial charge in [-0.2, -0.15) is 9.97 Å². The number of aromatic nitrogens is 2. The lowest BCUT2D eigenvalue weighted by atomic mass is 10.0. The van der Waals surface area contributed by atoms with Gasteiger partial charge in [0.2, 0.25) is 5.95 Å². The number of nitrogen functional groups attached to an aromatic ring is 2. The van der Waals surface area contributed by atoms with E-state index in [1.165, 1.54) is 0 Å². The van der Waals surface area contributed by atoms with Crippen molar-refractivity contribution in [1.29, 1.82) is 0 Å². The highest BCUT2D eigenvalue weighted by molar-refractivity contribution is 5.76. The number of benzene rings is 1. The van der Waals surface area contributed by atoms with Crippen LogP contribution in [0.3, 0.4) is 0 Å². The molecule has 1 atom stereocenters. The minimum absolute atomic E-state index is 0.0763. The number of hydrogen-bond donors (Lipinski definition) is 3. The Morgan fingerprint density at radius 1 is 1.06 bits per heavy atom. The van der Waals surface area contributed by atoms with E-state index in [2.05, 4.69) is 27.4 Å². The quantitative estimate of drug-likeness (QED) is 0.706. The van der Waals surface area contributed by atoms with Gasteiger partial charge in [-0.05, 0) is 11.6 Å². The van der Waals surface area contributed by atoms with E-state index in [0.29, 0.717) is 11.6 Å². The zero-order chi connectivity index (χ0) is 12.5. The standard InChI is InChI=1S/C13H13N5/c14-11-9-6-7-10(8-4-2-1-3-5-8)16-12(9)18-13(15)17-11/h1-7,10H,(H5,14,15,16,17,18). The maximum atomic E-state index is 5.80. The van der Waals surface area contributed by atoms with Gasteiger partial charge < -0.3 is 16.8 Å². The van der Waals surface area contributed by atoms with Crippen molar-refractivity contribution in [1.82, 2.24) is 9.97 Å². The average molecular weight is 239 g/mol. The maximum absolute atomic E-state index is 5.80. The van der Waals surface area contributed by atoms with Crippen LogP contribution in [0.4, 0.5) is 17.6 Å². The first-order valence-corrected chi connectivity index (χ1v) is 5.67. The van der Waals surface area contributed by atoms with Crippen LogP contribution >= 0.6 is 0 Å². The Hall–Kier alpha value is -2.56. The first-order chi connectivity index (χ1) is 8.74. The third-order valence-corrected chi connectivity index (χ3v) is 2.90. The summed E-state index contributed by atoms with van der Waals surface area (Å²) in [5, 5.41) is 3.30. The second kappa shape index (κ2) is 4.03. The summed E-state index contributed by atoms with van der Waals surface area (Å²) >= 11 is 0. The van der Waals surface area contributed by atoms with Crippen LogP contribution < -0.4 is 16.8 Å². The summed E-state index contributed by atoms with van der Waals surface area (Å²) in [6.45, 7) is 0. The molecule has 0 spiro atoms. The lowest BCUT2D eigenvalue weighted by Gasteiger charge is -2.22. The second-order valence-corrected chi connectivity index (χ2v) is 4.12. The smallest absolute Gasteiger partial charge is 0.223 e. The van der Waals surface area contributed by atoms with Gasteiger partial charge in [0.1, 0.15) is 11.6 Å². The number of nitrogens with one attached hydrogen (secondary N) is 1. The monoisotopic (exact) mass is 239 g/mol. The summed E-state index contributed by atoms with van der Waals surface area (Å²) < 4.78 is 0. The predicted molar refractivity (Wildman–Crippen MR) is 72.7 cm³/mol. The van der Waals surface area contributed by atoms with Crippen molar-refractivity contribution >= 4 is 23.7 Å². The van der Waals surface area contributed by atoms with Crippen LogP contribution in [0, 0.1) is 0 Å². The van der Waals surface area contributed by atoms with Gasteiger partial charge in [0, 0.05) is 0 Å². The highest BCUT2D eigenvalue weighted by Gasteiger charge is 2.18. The summed E-state index contributed by atoms with van der Waals surface area (Å²) in [7, 11) is 0. The highest BCUT2D eigenvalue weighted by Crippen LogP contribution is 2.31. The molecule has 2 aromatic rings. The summed E-state index contributed by atoms with van der Waals surface area (Å²) in [6.07, 6.45) is 3.96. The summed E-state index contributed by atoms with van der Waals surface area (Å²) in [5.41, 5.74) is 13.4. The first kappa shape index (κ1) is 10.6. The Balaban J connectivity index is 1.99. The van der Waals surface area contributed by atoms with E-state index < -0.39 is 0 Å². The second-order valence-electron chi connectivity index (χ2n) is 4.12. The van der Waals surface area contributed by atoms with E-state index in [1.807, 2.05) is 30.4 Å². The number of rotatable bonds is 1. The molecule has 0 bridgehead atoms. The van der Waals surface area contributed by atoms with Crippen molar-refractivity contribution in [2.75, 3.05) is 16.8 Å². The Morgan fingerprint density at radius 3 is 2.61 bits per heavy atom. The number of fused-ring (bicyclic) bond motifs is 1. The molecular formula is C13H13N5. The van der Waals surface area contributed by atoms with Crippen molar-refractivity contribution in [2.24, 2.45) is 0 Å². The molecule has 1 aliphatic heterocycles. The van der Waals surface area contributed by atoms with E-state index in [0.717, 1.165) is 11.1 Å². The highest BCUT2D eigenvalue weighted by atomic mass is 15.1. The molecule has 3 rings (SSSR count).